The molecule has 2 unspecified atom stereocenters. The van der Waals surface area contributed by atoms with Crippen LogP contribution in [0.3, 0.4) is 0 Å². The molecule has 2 heterocycles. The van der Waals surface area contributed by atoms with E-state index in [-0.39, 0.29) is 12.1 Å². The summed E-state index contributed by atoms with van der Waals surface area (Å²) in [5, 5.41) is 1.00. The van der Waals surface area contributed by atoms with Gasteiger partial charge in [-0.3, -0.25) is 0 Å². The van der Waals surface area contributed by atoms with Gasteiger partial charge in [-0.1, -0.05) is 6.92 Å². The number of nitrogens with zero attached hydrogens (tertiary/aromatic N) is 3. The van der Waals surface area contributed by atoms with E-state index in [1.807, 2.05) is 6.92 Å². The Labute approximate surface area is 106 Å². The highest BCUT2D eigenvalue weighted by atomic mass is 32.1. The quantitative estimate of drug-likeness (QED) is 0.872. The second-order valence-corrected chi connectivity index (χ2v) is 5.19. The molecule has 1 aromatic rings. The van der Waals surface area contributed by atoms with Crippen LogP contribution in [0, 0.1) is 0 Å². The average Bonchev–Trinajstić information content (AvgIpc) is 2.78. The van der Waals surface area contributed by atoms with Gasteiger partial charge in [-0.05, 0) is 13.3 Å². The second-order valence-electron chi connectivity index (χ2n) is 4.46. The molecule has 5 nitrogen and oxygen atoms in total. The van der Waals surface area contributed by atoms with Crippen LogP contribution in [0.5, 0.6) is 0 Å². The zero-order chi connectivity index (χ0) is 12.3. The van der Waals surface area contributed by atoms with Crippen LogP contribution in [-0.2, 0) is 11.2 Å². The standard InChI is InChI=1S/C11H20N4OS/c1-3-4-10-13-11(17-14-10)15-5-6-16-9(7-15)8(2)12/h8-9H,3-7,12H2,1-2H3. The molecule has 1 aromatic heterocycles. The Morgan fingerprint density at radius 2 is 2.47 bits per heavy atom. The third-order valence-corrected chi connectivity index (χ3v) is 3.70. The maximum absolute atomic E-state index is 5.88. The summed E-state index contributed by atoms with van der Waals surface area (Å²) in [5.74, 6) is 0.955. The van der Waals surface area contributed by atoms with E-state index in [0.717, 1.165) is 43.5 Å². The molecular formula is C11H20N4OS. The zero-order valence-electron chi connectivity index (χ0n) is 10.4. The van der Waals surface area contributed by atoms with Crippen LogP contribution < -0.4 is 10.6 Å². The Kier molecular flexibility index (Phi) is 4.31. The molecule has 1 fully saturated rings. The average molecular weight is 256 g/mol. The van der Waals surface area contributed by atoms with E-state index in [0.29, 0.717) is 0 Å². The molecule has 2 N–H and O–H groups in total. The predicted molar refractivity (Wildman–Crippen MR) is 69.5 cm³/mol. The van der Waals surface area contributed by atoms with Crippen LogP contribution in [0.25, 0.3) is 0 Å². The number of rotatable bonds is 4. The molecule has 0 radical (unpaired) electrons. The topological polar surface area (TPSA) is 64.3 Å². The van der Waals surface area contributed by atoms with Crippen LogP contribution in [0.15, 0.2) is 0 Å². The van der Waals surface area contributed by atoms with E-state index < -0.39 is 0 Å². The molecule has 1 aliphatic rings. The van der Waals surface area contributed by atoms with Crippen molar-refractivity contribution in [3.05, 3.63) is 5.82 Å². The van der Waals surface area contributed by atoms with Gasteiger partial charge in [0, 0.05) is 37.1 Å². The Morgan fingerprint density at radius 3 is 3.18 bits per heavy atom. The summed E-state index contributed by atoms with van der Waals surface area (Å²) in [4.78, 5) is 6.78. The van der Waals surface area contributed by atoms with Crippen LogP contribution in [0.1, 0.15) is 26.1 Å². The molecule has 1 saturated heterocycles. The van der Waals surface area contributed by atoms with Crippen molar-refractivity contribution in [2.45, 2.75) is 38.8 Å². The largest absolute Gasteiger partial charge is 0.373 e. The van der Waals surface area contributed by atoms with E-state index in [4.69, 9.17) is 10.5 Å². The van der Waals surface area contributed by atoms with Crippen LogP contribution in [-0.4, -0.2) is 41.2 Å². The van der Waals surface area contributed by atoms with Crippen LogP contribution >= 0.6 is 11.5 Å². The lowest BCUT2D eigenvalue weighted by Crippen LogP contribution is -2.49. The molecule has 0 aliphatic carbocycles. The molecule has 2 rings (SSSR count). The van der Waals surface area contributed by atoms with E-state index in [1.54, 1.807) is 0 Å². The first-order valence-corrected chi connectivity index (χ1v) is 6.92. The van der Waals surface area contributed by atoms with Crippen molar-refractivity contribution in [1.82, 2.24) is 9.36 Å². The van der Waals surface area contributed by atoms with Gasteiger partial charge < -0.3 is 15.4 Å². The number of aromatic nitrogens is 2. The Balaban J connectivity index is 2.00. The lowest BCUT2D eigenvalue weighted by Gasteiger charge is -2.34. The van der Waals surface area contributed by atoms with Gasteiger partial charge in [0.1, 0.15) is 5.82 Å². The number of anilines is 1. The monoisotopic (exact) mass is 256 g/mol. The highest BCUT2D eigenvalue weighted by Gasteiger charge is 2.25. The van der Waals surface area contributed by atoms with Gasteiger partial charge in [0.2, 0.25) is 5.13 Å². The van der Waals surface area contributed by atoms with E-state index in [1.165, 1.54) is 11.5 Å². The van der Waals surface area contributed by atoms with E-state index >= 15 is 0 Å². The van der Waals surface area contributed by atoms with Gasteiger partial charge in [0.05, 0.1) is 12.7 Å². The predicted octanol–water partition coefficient (Wildman–Crippen LogP) is 1.04. The minimum Gasteiger partial charge on any atom is -0.373 e. The molecule has 1 aliphatic heterocycles. The van der Waals surface area contributed by atoms with Gasteiger partial charge in [-0.25, -0.2) is 4.98 Å². The minimum absolute atomic E-state index is 0.0563. The van der Waals surface area contributed by atoms with Gasteiger partial charge >= 0.3 is 0 Å². The molecule has 6 heteroatoms. The summed E-state index contributed by atoms with van der Waals surface area (Å²) in [6.45, 7) is 6.54. The molecule has 17 heavy (non-hydrogen) atoms. The molecule has 96 valence electrons. The maximum atomic E-state index is 5.88. The summed E-state index contributed by atoms with van der Waals surface area (Å²) in [5.41, 5.74) is 5.88. The summed E-state index contributed by atoms with van der Waals surface area (Å²) in [6.07, 6.45) is 2.14. The smallest absolute Gasteiger partial charge is 0.205 e. The highest BCUT2D eigenvalue weighted by molar-refractivity contribution is 7.09. The van der Waals surface area contributed by atoms with E-state index in [2.05, 4.69) is 21.2 Å². The first kappa shape index (κ1) is 12.7. The highest BCUT2D eigenvalue weighted by Crippen LogP contribution is 2.21. The first-order chi connectivity index (χ1) is 8.20. The summed E-state index contributed by atoms with van der Waals surface area (Å²) < 4.78 is 10.0. The number of nitrogens with two attached hydrogens (primary N) is 1. The fraction of sp³-hybridized carbons (Fsp3) is 0.818. The fourth-order valence-corrected chi connectivity index (χ4v) is 2.61. The number of hydrogen-bond donors (Lipinski definition) is 1. The van der Waals surface area contributed by atoms with Crippen molar-refractivity contribution in [1.29, 1.82) is 0 Å². The third kappa shape index (κ3) is 3.14. The van der Waals surface area contributed by atoms with Crippen molar-refractivity contribution >= 4 is 16.7 Å². The SMILES string of the molecule is CCCc1nsc(N2CCOC(C(C)N)C2)n1. The number of hydrogen-bond acceptors (Lipinski definition) is 6. The fourth-order valence-electron chi connectivity index (χ4n) is 1.87. The lowest BCUT2D eigenvalue weighted by atomic mass is 10.1. The molecule has 0 amide bonds. The van der Waals surface area contributed by atoms with Crippen molar-refractivity contribution in [3.63, 3.8) is 0 Å². The molecule has 0 bridgehead atoms. The summed E-state index contributed by atoms with van der Waals surface area (Å²) in [7, 11) is 0. The Bertz CT molecular complexity index is 355. The van der Waals surface area contributed by atoms with Gasteiger partial charge in [-0.15, -0.1) is 0 Å². The molecular weight excluding hydrogens is 236 g/mol. The summed E-state index contributed by atoms with van der Waals surface area (Å²) in [6, 6.07) is 0.0563. The molecule has 0 saturated carbocycles. The van der Waals surface area contributed by atoms with Gasteiger partial charge in [-0.2, -0.15) is 4.37 Å². The van der Waals surface area contributed by atoms with Crippen molar-refractivity contribution < 1.29 is 4.74 Å². The van der Waals surface area contributed by atoms with E-state index in [9.17, 15) is 0 Å². The second kappa shape index (κ2) is 5.75. The Morgan fingerprint density at radius 1 is 1.65 bits per heavy atom. The molecule has 0 spiro atoms. The minimum atomic E-state index is 0.0563. The third-order valence-electron chi connectivity index (χ3n) is 2.88. The van der Waals surface area contributed by atoms with Crippen molar-refractivity contribution in [2.75, 3.05) is 24.6 Å². The molecule has 0 aromatic carbocycles. The molecule has 2 atom stereocenters. The maximum Gasteiger partial charge on any atom is 0.205 e. The number of aryl methyl sites for hydroxylation is 1. The van der Waals surface area contributed by atoms with Gasteiger partial charge in [0.25, 0.3) is 0 Å². The normalized spacial score (nSPS) is 22.8. The Hall–Kier alpha value is -0.720. The van der Waals surface area contributed by atoms with Crippen molar-refractivity contribution in [3.8, 4) is 0 Å². The van der Waals surface area contributed by atoms with Crippen LogP contribution in [0.4, 0.5) is 5.13 Å². The van der Waals surface area contributed by atoms with Crippen molar-refractivity contribution in [2.24, 2.45) is 5.73 Å². The lowest BCUT2D eigenvalue weighted by molar-refractivity contribution is 0.0276. The van der Waals surface area contributed by atoms with Gasteiger partial charge in [0.15, 0.2) is 0 Å². The number of ether oxygens (including phenoxy) is 1. The first-order valence-electron chi connectivity index (χ1n) is 6.15. The summed E-state index contributed by atoms with van der Waals surface area (Å²) >= 11 is 1.48. The number of morpholine rings is 1. The zero-order valence-corrected chi connectivity index (χ0v) is 11.2. The van der Waals surface area contributed by atoms with Crippen LogP contribution in [0.2, 0.25) is 0 Å².